The molecule has 0 bridgehead atoms. The van der Waals surface area contributed by atoms with Crippen molar-refractivity contribution in [3.8, 4) is 5.75 Å². The van der Waals surface area contributed by atoms with Gasteiger partial charge in [0.2, 0.25) is 0 Å². The normalized spacial score (nSPS) is 13.7. The lowest BCUT2D eigenvalue weighted by Crippen LogP contribution is -2.24. The monoisotopic (exact) mass is 322 g/mol. The summed E-state index contributed by atoms with van der Waals surface area (Å²) < 4.78 is 11.8. The lowest BCUT2D eigenvalue weighted by molar-refractivity contribution is -0.110. The van der Waals surface area contributed by atoms with Gasteiger partial charge in [0.05, 0.1) is 6.10 Å². The van der Waals surface area contributed by atoms with Gasteiger partial charge >= 0.3 is 0 Å². The molecule has 0 amide bonds. The first-order valence-electron chi connectivity index (χ1n) is 9.25. The molecule has 0 aliphatic rings. The van der Waals surface area contributed by atoms with E-state index in [1.54, 1.807) is 0 Å². The molecule has 2 heteroatoms. The largest absolute Gasteiger partial charge is 0.465 e. The number of ether oxygens (including phenoxy) is 2. The molecular weight excluding hydrogens is 284 g/mol. The van der Waals surface area contributed by atoms with Crippen molar-refractivity contribution in [1.82, 2.24) is 0 Å². The second-order valence-electron chi connectivity index (χ2n) is 7.02. The Morgan fingerprint density at radius 3 is 2.00 bits per heavy atom. The van der Waals surface area contributed by atoms with Crippen LogP contribution in [0.2, 0.25) is 0 Å². The third-order valence-corrected chi connectivity index (χ3v) is 3.41. The molecule has 0 saturated heterocycles. The van der Waals surface area contributed by atoms with Crippen molar-refractivity contribution in [2.45, 2.75) is 93.5 Å². The fraction of sp³-hybridized carbons (Fsp3) is 0.714. The summed E-state index contributed by atoms with van der Waals surface area (Å²) in [7, 11) is 0. The van der Waals surface area contributed by atoms with Gasteiger partial charge in [0.15, 0.2) is 6.29 Å². The van der Waals surface area contributed by atoms with E-state index >= 15 is 0 Å². The highest BCUT2D eigenvalue weighted by Gasteiger charge is 2.13. The molecule has 0 N–H and O–H groups in total. The van der Waals surface area contributed by atoms with Crippen LogP contribution in [-0.2, 0) is 11.2 Å². The molecule has 2 nitrogen and oxygen atoms in total. The van der Waals surface area contributed by atoms with E-state index in [-0.39, 0.29) is 6.29 Å². The number of rotatable bonds is 8. The highest BCUT2D eigenvalue weighted by atomic mass is 16.7. The highest BCUT2D eigenvalue weighted by Crippen LogP contribution is 2.23. The first-order chi connectivity index (χ1) is 10.8. The van der Waals surface area contributed by atoms with E-state index in [4.69, 9.17) is 9.47 Å². The molecule has 2 unspecified atom stereocenters. The molecule has 0 radical (unpaired) electrons. The van der Waals surface area contributed by atoms with Crippen molar-refractivity contribution in [2.24, 2.45) is 5.41 Å². The Hall–Kier alpha value is -1.02. The van der Waals surface area contributed by atoms with Crippen LogP contribution in [-0.4, -0.2) is 12.4 Å². The third kappa shape index (κ3) is 10.4. The van der Waals surface area contributed by atoms with Crippen LogP contribution in [0.25, 0.3) is 0 Å². The highest BCUT2D eigenvalue weighted by molar-refractivity contribution is 5.27. The zero-order chi connectivity index (χ0) is 17.9. The minimum absolute atomic E-state index is 0.199. The van der Waals surface area contributed by atoms with Gasteiger partial charge in [0.25, 0.3) is 0 Å². The summed E-state index contributed by atoms with van der Waals surface area (Å²) in [6.45, 7) is 17.1. The van der Waals surface area contributed by atoms with Gasteiger partial charge in [-0.05, 0) is 49.3 Å². The lowest BCUT2D eigenvalue weighted by atomic mass is 9.88. The molecule has 1 aromatic carbocycles. The Bertz CT molecular complexity index is 389. The maximum Gasteiger partial charge on any atom is 0.197 e. The molecule has 0 spiro atoms. The summed E-state index contributed by atoms with van der Waals surface area (Å²) in [4.78, 5) is 0. The third-order valence-electron chi connectivity index (χ3n) is 3.41. The van der Waals surface area contributed by atoms with Crippen molar-refractivity contribution >= 4 is 0 Å². The molecule has 0 heterocycles. The van der Waals surface area contributed by atoms with Crippen LogP contribution in [0.5, 0.6) is 5.75 Å². The van der Waals surface area contributed by atoms with E-state index in [9.17, 15) is 0 Å². The van der Waals surface area contributed by atoms with Gasteiger partial charge in [-0.15, -0.1) is 0 Å². The van der Waals surface area contributed by atoms with Gasteiger partial charge in [0.1, 0.15) is 5.75 Å². The minimum atomic E-state index is -0.199. The van der Waals surface area contributed by atoms with Crippen LogP contribution < -0.4 is 4.74 Å². The first kappa shape index (κ1) is 22.0. The lowest BCUT2D eigenvalue weighted by Gasteiger charge is -2.22. The van der Waals surface area contributed by atoms with Crippen LogP contribution in [0.1, 0.15) is 80.2 Å². The predicted octanol–water partition coefficient (Wildman–Crippen LogP) is 6.62. The van der Waals surface area contributed by atoms with E-state index in [2.05, 4.69) is 46.8 Å². The predicted molar refractivity (Wildman–Crippen MR) is 101 cm³/mol. The van der Waals surface area contributed by atoms with Gasteiger partial charge in [0, 0.05) is 0 Å². The standard InChI is InChI=1S/C19H32O2.C2H6/c1-7-9-17(8-2)20-15(3)21-18-12-10-16(11-13-18)14-19(4,5)6;1-2/h10-13,15,17H,7-9,14H2,1-6H3;1-2H3. The molecule has 2 atom stereocenters. The van der Waals surface area contributed by atoms with Crippen LogP contribution in [0.3, 0.4) is 0 Å². The summed E-state index contributed by atoms with van der Waals surface area (Å²) in [5.74, 6) is 0.881. The van der Waals surface area contributed by atoms with Crippen molar-refractivity contribution in [2.75, 3.05) is 0 Å². The molecule has 134 valence electrons. The van der Waals surface area contributed by atoms with E-state index in [0.29, 0.717) is 11.5 Å². The zero-order valence-electron chi connectivity index (χ0n) is 16.6. The zero-order valence-corrected chi connectivity index (χ0v) is 16.6. The Labute approximate surface area is 144 Å². The maximum atomic E-state index is 5.93. The van der Waals surface area contributed by atoms with Gasteiger partial charge in [-0.1, -0.05) is 67.0 Å². The molecule has 0 aliphatic carbocycles. The second kappa shape index (κ2) is 11.5. The van der Waals surface area contributed by atoms with Crippen LogP contribution in [0, 0.1) is 5.41 Å². The van der Waals surface area contributed by atoms with Crippen molar-refractivity contribution in [1.29, 1.82) is 0 Å². The summed E-state index contributed by atoms with van der Waals surface area (Å²) in [6, 6.07) is 8.39. The summed E-state index contributed by atoms with van der Waals surface area (Å²) in [6.07, 6.45) is 4.45. The molecule has 0 aromatic heterocycles. The average Bonchev–Trinajstić information content (AvgIpc) is 2.49. The fourth-order valence-electron chi connectivity index (χ4n) is 2.48. The molecule has 0 fully saturated rings. The van der Waals surface area contributed by atoms with Crippen molar-refractivity contribution in [3.05, 3.63) is 29.8 Å². The molecule has 1 aromatic rings. The Kier molecular flexibility index (Phi) is 11.0. The maximum absolute atomic E-state index is 5.93. The summed E-state index contributed by atoms with van der Waals surface area (Å²) >= 11 is 0. The topological polar surface area (TPSA) is 18.5 Å². The van der Waals surface area contributed by atoms with Gasteiger partial charge in [-0.25, -0.2) is 0 Å². The number of hydrogen-bond donors (Lipinski definition) is 0. The second-order valence-corrected chi connectivity index (χ2v) is 7.02. The van der Waals surface area contributed by atoms with Crippen molar-refractivity contribution < 1.29 is 9.47 Å². The Morgan fingerprint density at radius 2 is 1.57 bits per heavy atom. The van der Waals surface area contributed by atoms with Crippen LogP contribution in [0.15, 0.2) is 24.3 Å². The molecular formula is C21H38O2. The van der Waals surface area contributed by atoms with Gasteiger partial charge in [-0.3, -0.25) is 0 Å². The first-order valence-corrected chi connectivity index (χ1v) is 9.25. The average molecular weight is 323 g/mol. The van der Waals surface area contributed by atoms with Crippen molar-refractivity contribution in [3.63, 3.8) is 0 Å². The Morgan fingerprint density at radius 1 is 1.00 bits per heavy atom. The van der Waals surface area contributed by atoms with Crippen LogP contribution >= 0.6 is 0 Å². The minimum Gasteiger partial charge on any atom is -0.465 e. The van der Waals surface area contributed by atoms with Crippen LogP contribution in [0.4, 0.5) is 0 Å². The van der Waals surface area contributed by atoms with E-state index in [0.717, 1.165) is 31.4 Å². The molecule has 0 aliphatic heterocycles. The summed E-state index contributed by atoms with van der Waals surface area (Å²) in [5, 5.41) is 0. The fourth-order valence-corrected chi connectivity index (χ4v) is 2.48. The van der Waals surface area contributed by atoms with Gasteiger partial charge in [-0.2, -0.15) is 0 Å². The smallest absolute Gasteiger partial charge is 0.197 e. The Balaban J connectivity index is 0.00000232. The van der Waals surface area contributed by atoms with E-state index in [1.165, 1.54) is 5.56 Å². The number of hydrogen-bond acceptors (Lipinski definition) is 2. The number of benzene rings is 1. The molecule has 23 heavy (non-hydrogen) atoms. The summed E-state index contributed by atoms with van der Waals surface area (Å²) in [5.41, 5.74) is 1.66. The van der Waals surface area contributed by atoms with E-state index < -0.39 is 0 Å². The quantitative estimate of drug-likeness (QED) is 0.501. The van der Waals surface area contributed by atoms with Gasteiger partial charge < -0.3 is 9.47 Å². The molecule has 0 saturated carbocycles. The van der Waals surface area contributed by atoms with E-state index in [1.807, 2.05) is 32.9 Å². The molecule has 1 rings (SSSR count). The SMILES string of the molecule is CC.CCCC(CC)OC(C)Oc1ccc(CC(C)(C)C)cc1.